The minimum Gasteiger partial charge on any atom is -0.488 e. The molecule has 152 valence electrons. The molecular weight excluding hydrogens is 374 g/mol. The molecule has 28 heavy (non-hydrogen) atoms. The molecule has 1 fully saturated rings. The minimum atomic E-state index is -3.43. The molecule has 7 heteroatoms. The standard InChI is InChI=1S/C21H29N3O3S/c1-16-7-8-17(19(13-16)27-21(2,3)4)14-22-20-10-9-18(15-23-20)28(25,26)24-11-5-6-12-24/h7-10,13,15H,5-6,11-12,14H2,1-4H3,(H,22,23). The number of hydrogen-bond acceptors (Lipinski definition) is 5. The highest BCUT2D eigenvalue weighted by Crippen LogP contribution is 2.26. The van der Waals surface area contributed by atoms with Gasteiger partial charge in [0.25, 0.3) is 0 Å². The number of aryl methyl sites for hydroxylation is 1. The molecule has 1 aromatic heterocycles. The van der Waals surface area contributed by atoms with E-state index in [1.807, 2.05) is 45.9 Å². The van der Waals surface area contributed by atoms with Gasteiger partial charge < -0.3 is 10.1 Å². The van der Waals surface area contributed by atoms with Crippen LogP contribution >= 0.6 is 0 Å². The number of aromatic nitrogens is 1. The van der Waals surface area contributed by atoms with Crippen LogP contribution in [0.15, 0.2) is 41.4 Å². The van der Waals surface area contributed by atoms with Crippen molar-refractivity contribution >= 4 is 15.8 Å². The summed E-state index contributed by atoms with van der Waals surface area (Å²) in [4.78, 5) is 4.54. The summed E-state index contributed by atoms with van der Waals surface area (Å²) in [7, 11) is -3.43. The van der Waals surface area contributed by atoms with E-state index in [1.165, 1.54) is 10.5 Å². The van der Waals surface area contributed by atoms with E-state index in [1.54, 1.807) is 12.1 Å². The second kappa shape index (κ2) is 8.09. The third kappa shape index (κ3) is 5.02. The zero-order chi connectivity index (χ0) is 20.4. The van der Waals surface area contributed by atoms with Crippen LogP contribution < -0.4 is 10.1 Å². The van der Waals surface area contributed by atoms with Crippen molar-refractivity contribution in [3.05, 3.63) is 47.7 Å². The normalized spacial score (nSPS) is 15.6. The van der Waals surface area contributed by atoms with Crippen LogP contribution in [0, 0.1) is 6.92 Å². The zero-order valence-corrected chi connectivity index (χ0v) is 17.8. The molecule has 1 aliphatic heterocycles. The van der Waals surface area contributed by atoms with Crippen molar-refractivity contribution < 1.29 is 13.2 Å². The highest BCUT2D eigenvalue weighted by molar-refractivity contribution is 7.89. The molecule has 0 radical (unpaired) electrons. The summed E-state index contributed by atoms with van der Waals surface area (Å²) in [5, 5.41) is 3.26. The van der Waals surface area contributed by atoms with Gasteiger partial charge in [-0.25, -0.2) is 13.4 Å². The number of ether oxygens (including phenoxy) is 1. The van der Waals surface area contributed by atoms with Crippen LogP contribution in [-0.2, 0) is 16.6 Å². The monoisotopic (exact) mass is 403 g/mol. The van der Waals surface area contributed by atoms with Crippen LogP contribution in [0.25, 0.3) is 0 Å². The van der Waals surface area contributed by atoms with Crippen molar-refractivity contribution in [1.29, 1.82) is 0 Å². The lowest BCUT2D eigenvalue weighted by molar-refractivity contribution is 0.129. The highest BCUT2D eigenvalue weighted by atomic mass is 32.2. The number of benzene rings is 1. The van der Waals surface area contributed by atoms with Gasteiger partial charge in [0.05, 0.1) is 0 Å². The zero-order valence-electron chi connectivity index (χ0n) is 17.0. The lowest BCUT2D eigenvalue weighted by Gasteiger charge is -2.24. The SMILES string of the molecule is Cc1ccc(CNc2ccc(S(=O)(=O)N3CCCC3)cn2)c(OC(C)(C)C)c1. The molecule has 3 rings (SSSR count). The Morgan fingerprint density at radius 1 is 1.14 bits per heavy atom. The second-order valence-corrected chi connectivity index (χ2v) is 10.1. The summed E-state index contributed by atoms with van der Waals surface area (Å²) in [6.45, 7) is 9.82. The molecule has 0 amide bonds. The number of anilines is 1. The summed E-state index contributed by atoms with van der Waals surface area (Å²) in [6, 6.07) is 9.44. The van der Waals surface area contributed by atoms with Gasteiger partial charge in [-0.05, 0) is 64.3 Å². The molecule has 0 spiro atoms. The highest BCUT2D eigenvalue weighted by Gasteiger charge is 2.27. The quantitative estimate of drug-likeness (QED) is 0.790. The van der Waals surface area contributed by atoms with E-state index in [0.29, 0.717) is 25.5 Å². The molecule has 0 bridgehead atoms. The van der Waals surface area contributed by atoms with Gasteiger partial charge in [-0.3, -0.25) is 0 Å². The Bertz CT molecular complexity index is 913. The fraction of sp³-hybridized carbons (Fsp3) is 0.476. The molecule has 0 saturated carbocycles. The Morgan fingerprint density at radius 3 is 2.46 bits per heavy atom. The number of pyridine rings is 1. The first-order valence-corrected chi connectivity index (χ1v) is 11.1. The molecule has 0 unspecified atom stereocenters. The maximum Gasteiger partial charge on any atom is 0.244 e. The fourth-order valence-electron chi connectivity index (χ4n) is 3.13. The third-order valence-corrected chi connectivity index (χ3v) is 6.42. The van der Waals surface area contributed by atoms with E-state index < -0.39 is 10.0 Å². The molecule has 2 aromatic rings. The Labute approximate surface area is 168 Å². The van der Waals surface area contributed by atoms with Crippen LogP contribution in [-0.4, -0.2) is 36.4 Å². The van der Waals surface area contributed by atoms with Gasteiger partial charge in [-0.15, -0.1) is 0 Å². The molecular formula is C21H29N3O3S. The summed E-state index contributed by atoms with van der Waals surface area (Å²) < 4.78 is 32.8. The molecule has 0 aliphatic carbocycles. The first-order chi connectivity index (χ1) is 13.1. The van der Waals surface area contributed by atoms with Gasteiger partial charge >= 0.3 is 0 Å². The van der Waals surface area contributed by atoms with E-state index in [2.05, 4.69) is 10.3 Å². The topological polar surface area (TPSA) is 71.5 Å². The second-order valence-electron chi connectivity index (χ2n) is 8.17. The minimum absolute atomic E-state index is 0.243. The average Bonchev–Trinajstić information content (AvgIpc) is 3.15. The van der Waals surface area contributed by atoms with E-state index in [9.17, 15) is 8.42 Å². The van der Waals surface area contributed by atoms with Gasteiger partial charge in [-0.2, -0.15) is 4.31 Å². The van der Waals surface area contributed by atoms with E-state index in [0.717, 1.165) is 29.7 Å². The van der Waals surface area contributed by atoms with E-state index in [4.69, 9.17) is 4.74 Å². The van der Waals surface area contributed by atoms with Crippen LogP contribution in [0.3, 0.4) is 0 Å². The number of nitrogens with zero attached hydrogens (tertiary/aromatic N) is 2. The lowest BCUT2D eigenvalue weighted by atomic mass is 10.1. The first kappa shape index (κ1) is 20.6. The van der Waals surface area contributed by atoms with Crippen LogP contribution in [0.1, 0.15) is 44.7 Å². The van der Waals surface area contributed by atoms with Crippen molar-refractivity contribution in [3.8, 4) is 5.75 Å². The van der Waals surface area contributed by atoms with Crippen molar-refractivity contribution in [2.45, 2.75) is 57.6 Å². The van der Waals surface area contributed by atoms with E-state index in [-0.39, 0.29) is 10.5 Å². The third-order valence-electron chi connectivity index (χ3n) is 4.54. The molecule has 0 atom stereocenters. The number of nitrogens with one attached hydrogen (secondary N) is 1. The number of rotatable bonds is 6. The predicted octanol–water partition coefficient (Wildman–Crippen LogP) is 3.96. The fourth-order valence-corrected chi connectivity index (χ4v) is 4.60. The first-order valence-electron chi connectivity index (χ1n) is 9.64. The number of sulfonamides is 1. The molecule has 1 aromatic carbocycles. The Morgan fingerprint density at radius 2 is 1.86 bits per heavy atom. The lowest BCUT2D eigenvalue weighted by Crippen LogP contribution is -2.27. The maximum absolute atomic E-state index is 12.6. The van der Waals surface area contributed by atoms with Gasteiger partial charge in [0, 0.05) is 31.4 Å². The smallest absolute Gasteiger partial charge is 0.244 e. The summed E-state index contributed by atoms with van der Waals surface area (Å²) in [6.07, 6.45) is 3.27. The average molecular weight is 404 g/mol. The van der Waals surface area contributed by atoms with Crippen molar-refractivity contribution in [1.82, 2.24) is 9.29 Å². The Balaban J connectivity index is 1.70. The van der Waals surface area contributed by atoms with Crippen molar-refractivity contribution in [2.24, 2.45) is 0 Å². The van der Waals surface area contributed by atoms with Crippen LogP contribution in [0.5, 0.6) is 5.75 Å². The Kier molecular flexibility index (Phi) is 5.95. The molecule has 1 aliphatic rings. The molecule has 2 heterocycles. The molecule has 1 N–H and O–H groups in total. The van der Waals surface area contributed by atoms with Crippen molar-refractivity contribution in [2.75, 3.05) is 18.4 Å². The van der Waals surface area contributed by atoms with Crippen molar-refractivity contribution in [3.63, 3.8) is 0 Å². The van der Waals surface area contributed by atoms with Crippen LogP contribution in [0.2, 0.25) is 0 Å². The number of hydrogen-bond donors (Lipinski definition) is 1. The van der Waals surface area contributed by atoms with Gasteiger partial charge in [0.1, 0.15) is 22.1 Å². The molecule has 1 saturated heterocycles. The molecule has 6 nitrogen and oxygen atoms in total. The van der Waals surface area contributed by atoms with Gasteiger partial charge in [0.2, 0.25) is 10.0 Å². The Hall–Kier alpha value is -2.12. The maximum atomic E-state index is 12.6. The van der Waals surface area contributed by atoms with Gasteiger partial charge in [-0.1, -0.05) is 12.1 Å². The van der Waals surface area contributed by atoms with Gasteiger partial charge in [0.15, 0.2) is 0 Å². The summed E-state index contributed by atoms with van der Waals surface area (Å²) in [5.41, 5.74) is 1.88. The summed E-state index contributed by atoms with van der Waals surface area (Å²) >= 11 is 0. The summed E-state index contributed by atoms with van der Waals surface area (Å²) in [5.74, 6) is 1.47. The largest absolute Gasteiger partial charge is 0.488 e. The van der Waals surface area contributed by atoms with E-state index >= 15 is 0 Å². The van der Waals surface area contributed by atoms with Crippen LogP contribution in [0.4, 0.5) is 5.82 Å². The predicted molar refractivity (Wildman–Crippen MR) is 111 cm³/mol.